The van der Waals surface area contributed by atoms with Gasteiger partial charge in [-0.25, -0.2) is 4.98 Å². The minimum absolute atomic E-state index is 0.0954. The van der Waals surface area contributed by atoms with Gasteiger partial charge < -0.3 is 29.4 Å². The lowest BCUT2D eigenvalue weighted by molar-refractivity contribution is -0.880. The first kappa shape index (κ1) is 37.5. The number of ketones is 1. The van der Waals surface area contributed by atoms with Crippen LogP contribution in [0.5, 0.6) is 11.5 Å². The number of carbonyl (C=O) groups excluding carboxylic acids is 1. The Bertz CT molecular complexity index is 2390. The number of nitrogens with one attached hydrogen (secondary N) is 1. The molecule has 0 bridgehead atoms. The summed E-state index contributed by atoms with van der Waals surface area (Å²) in [6.45, 7) is 1.06. The molecule has 14 nitrogen and oxygen atoms in total. The van der Waals surface area contributed by atoms with Crippen molar-refractivity contribution in [3.05, 3.63) is 133 Å². The van der Waals surface area contributed by atoms with Crippen LogP contribution in [0.25, 0.3) is 22.2 Å². The number of fused-ring (bicyclic) bond motifs is 1. The van der Waals surface area contributed by atoms with Crippen molar-refractivity contribution in [1.82, 2.24) is 19.5 Å². The van der Waals surface area contributed by atoms with E-state index >= 15 is 0 Å². The number of nitro groups is 1. The van der Waals surface area contributed by atoms with Crippen molar-refractivity contribution < 1.29 is 23.7 Å². The van der Waals surface area contributed by atoms with E-state index in [0.29, 0.717) is 63.2 Å². The molecule has 1 N–H and O–H groups in total. The van der Waals surface area contributed by atoms with Crippen LogP contribution in [0.2, 0.25) is 5.02 Å². The predicted molar refractivity (Wildman–Crippen MR) is 207 cm³/mol. The highest BCUT2D eigenvalue weighted by Crippen LogP contribution is 2.38. The highest BCUT2D eigenvalue weighted by molar-refractivity contribution is 6.35. The van der Waals surface area contributed by atoms with Gasteiger partial charge in [0.2, 0.25) is 5.95 Å². The number of hydrogen-bond acceptors (Lipinski definition) is 11. The molecule has 1 aliphatic rings. The zero-order valence-electron chi connectivity index (χ0n) is 30.2. The second kappa shape index (κ2) is 16.2. The van der Waals surface area contributed by atoms with Gasteiger partial charge in [0.1, 0.15) is 29.9 Å². The molecule has 5 aromatic rings. The van der Waals surface area contributed by atoms with E-state index in [2.05, 4.69) is 20.3 Å². The lowest BCUT2D eigenvalue weighted by atomic mass is 10.0. The third-order valence-electron chi connectivity index (χ3n) is 8.80. The zero-order valence-corrected chi connectivity index (χ0v) is 30.9. The van der Waals surface area contributed by atoms with E-state index in [1.807, 2.05) is 38.4 Å². The smallest absolute Gasteiger partial charge is 0.368 e. The third-order valence-corrected chi connectivity index (χ3v) is 9.18. The van der Waals surface area contributed by atoms with Gasteiger partial charge in [0.15, 0.2) is 5.78 Å². The maximum Gasteiger partial charge on any atom is 0.368 e. The summed E-state index contributed by atoms with van der Waals surface area (Å²) >= 11 is 6.76. The molecule has 0 saturated carbocycles. The lowest BCUT2D eigenvalue weighted by Gasteiger charge is -2.28. The molecule has 0 fully saturated rings. The Balaban J connectivity index is 1.29. The van der Waals surface area contributed by atoms with Gasteiger partial charge in [-0.05, 0) is 52.5 Å². The predicted octanol–water partition coefficient (Wildman–Crippen LogP) is 6.02. The van der Waals surface area contributed by atoms with Crippen LogP contribution in [0.4, 0.5) is 11.6 Å². The van der Waals surface area contributed by atoms with Crippen LogP contribution in [-0.2, 0) is 17.8 Å². The molecule has 15 heteroatoms. The van der Waals surface area contributed by atoms with E-state index in [0.717, 1.165) is 16.8 Å². The van der Waals surface area contributed by atoms with Gasteiger partial charge in [0.05, 0.1) is 52.0 Å². The van der Waals surface area contributed by atoms with Crippen molar-refractivity contribution in [2.45, 2.75) is 19.4 Å². The molecule has 0 amide bonds. The van der Waals surface area contributed by atoms with Crippen molar-refractivity contribution in [3.8, 4) is 22.6 Å². The van der Waals surface area contributed by atoms with Crippen LogP contribution < -0.4 is 20.3 Å². The molecule has 0 saturated heterocycles. The van der Waals surface area contributed by atoms with E-state index in [9.17, 15) is 19.7 Å². The van der Waals surface area contributed by atoms with Crippen LogP contribution in [-0.4, -0.2) is 82.3 Å². The van der Waals surface area contributed by atoms with Crippen molar-refractivity contribution in [1.29, 1.82) is 0 Å². The fourth-order valence-corrected chi connectivity index (χ4v) is 6.51. The number of aromatic nitrogens is 4. The second-order valence-corrected chi connectivity index (χ2v) is 13.7. The Morgan fingerprint density at radius 1 is 1.07 bits per heavy atom. The number of hydrogen-bond donors (Lipinski definition) is 1. The van der Waals surface area contributed by atoms with Crippen molar-refractivity contribution in [2.75, 3.05) is 46.7 Å². The molecule has 0 unspecified atom stereocenters. The number of halogens is 1. The van der Waals surface area contributed by atoms with Gasteiger partial charge in [-0.3, -0.25) is 19.1 Å². The normalized spacial score (nSPS) is 12.8. The number of rotatable bonds is 15. The SMILES string of the molecule is COc1cc(OC)c(Cl)c(-c2cc3cnc(Nc4ccncc4)nc3n(Cc3cccc(CC(=O)/C=C/C[N+](C)(C)CC4=C([N+](=O)[O-])N=CC4)c3)c2=O)c1. The Morgan fingerprint density at radius 2 is 1.85 bits per heavy atom. The number of carbonyl (C=O) groups is 1. The van der Waals surface area contributed by atoms with E-state index < -0.39 is 4.92 Å². The largest absolute Gasteiger partial charge is 0.497 e. The number of nitrogens with zero attached hydrogens (tertiary/aromatic N) is 7. The molecule has 54 heavy (non-hydrogen) atoms. The first-order valence-electron chi connectivity index (χ1n) is 16.9. The number of pyridine rings is 2. The Hall–Kier alpha value is -6.25. The number of likely N-dealkylation sites (N-methyl/N-ethyl adjacent to an activating group) is 1. The number of benzene rings is 2. The number of anilines is 2. The van der Waals surface area contributed by atoms with Gasteiger partial charge in [0.25, 0.3) is 5.56 Å². The highest BCUT2D eigenvalue weighted by Gasteiger charge is 2.28. The van der Waals surface area contributed by atoms with Crippen LogP contribution in [0, 0.1) is 10.1 Å². The maximum absolute atomic E-state index is 14.5. The monoisotopic (exact) mass is 749 g/mol. The number of allylic oxidation sites excluding steroid dienone is 1. The Labute approximate surface area is 315 Å². The summed E-state index contributed by atoms with van der Waals surface area (Å²) in [5, 5.41) is 15.3. The van der Waals surface area contributed by atoms with Gasteiger partial charge in [-0.15, -0.1) is 0 Å². The van der Waals surface area contributed by atoms with Crippen molar-refractivity contribution >= 4 is 46.3 Å². The summed E-state index contributed by atoms with van der Waals surface area (Å²) in [6, 6.07) is 16.1. The van der Waals surface area contributed by atoms with Gasteiger partial charge in [-0.2, -0.15) is 4.98 Å². The molecular weight excluding hydrogens is 712 g/mol. The van der Waals surface area contributed by atoms with Crippen LogP contribution >= 0.6 is 11.6 Å². The molecule has 2 aromatic carbocycles. The first-order valence-corrected chi connectivity index (χ1v) is 17.3. The molecule has 0 atom stereocenters. The summed E-state index contributed by atoms with van der Waals surface area (Å²) < 4.78 is 12.9. The number of quaternary nitrogens is 1. The summed E-state index contributed by atoms with van der Waals surface area (Å²) in [6.07, 6.45) is 10.4. The molecule has 6 rings (SSSR count). The Kier molecular flexibility index (Phi) is 11.2. The molecular formula is C39H38ClN8O6+. The van der Waals surface area contributed by atoms with Crippen LogP contribution in [0.3, 0.4) is 0 Å². The summed E-state index contributed by atoms with van der Waals surface area (Å²) in [5.41, 5.74) is 3.68. The second-order valence-electron chi connectivity index (χ2n) is 13.3. The Morgan fingerprint density at radius 3 is 2.59 bits per heavy atom. The van der Waals surface area contributed by atoms with Crippen molar-refractivity contribution in [2.24, 2.45) is 4.99 Å². The lowest BCUT2D eigenvalue weighted by Crippen LogP contribution is -2.41. The average molecular weight is 750 g/mol. The quantitative estimate of drug-likeness (QED) is 0.0579. The van der Waals surface area contributed by atoms with E-state index in [1.54, 1.807) is 71.9 Å². The van der Waals surface area contributed by atoms with E-state index in [4.69, 9.17) is 26.1 Å². The molecule has 3 aromatic heterocycles. The van der Waals surface area contributed by atoms with Crippen LogP contribution in [0.1, 0.15) is 17.5 Å². The van der Waals surface area contributed by atoms with Gasteiger partial charge in [0, 0.05) is 59.7 Å². The molecule has 4 heterocycles. The zero-order chi connectivity index (χ0) is 38.4. The molecule has 276 valence electrons. The fourth-order valence-electron chi connectivity index (χ4n) is 6.23. The molecule has 0 radical (unpaired) electrons. The summed E-state index contributed by atoms with van der Waals surface area (Å²) in [7, 11) is 6.90. The number of ether oxygens (including phenoxy) is 2. The van der Waals surface area contributed by atoms with Crippen molar-refractivity contribution in [3.63, 3.8) is 0 Å². The topological polar surface area (TPSA) is 164 Å². The van der Waals surface area contributed by atoms with Gasteiger partial charge >= 0.3 is 5.82 Å². The van der Waals surface area contributed by atoms with E-state index in [-0.39, 0.29) is 41.1 Å². The molecule has 1 aliphatic heterocycles. The summed E-state index contributed by atoms with van der Waals surface area (Å²) in [4.78, 5) is 55.6. The third kappa shape index (κ3) is 8.68. The van der Waals surface area contributed by atoms with Gasteiger partial charge in [-0.1, -0.05) is 40.9 Å². The maximum atomic E-state index is 14.5. The first-order chi connectivity index (χ1) is 25.9. The number of methoxy groups -OCH3 is 2. The van der Waals surface area contributed by atoms with E-state index in [1.165, 1.54) is 14.2 Å². The average Bonchev–Trinajstić information content (AvgIpc) is 3.61. The van der Waals surface area contributed by atoms with Crippen LogP contribution in [0.15, 0.2) is 107 Å². The molecule has 0 spiro atoms. The molecule has 0 aliphatic carbocycles. The summed E-state index contributed by atoms with van der Waals surface area (Å²) in [5.74, 6) is 0.900. The fraction of sp³-hybridized carbons (Fsp3) is 0.231. The number of aliphatic imine (C=N–C) groups is 1. The standard InChI is InChI=1S/C39H37ClN8O6/c1-48(2,24-27-10-15-42-36(27)47(51)52)16-6-9-30(49)18-25-7-5-8-26(17-25)23-46-37-28(22-43-39(45-37)44-29-11-13-41-14-12-29)19-33(38(46)50)32-20-31(53-3)21-34(54-4)35(32)40/h5-9,11-15,17,19-22H,10,16,18,23-24H2,1-4H3/p+1/b9-6+. The minimum Gasteiger partial charge on any atom is -0.497 e. The highest BCUT2D eigenvalue weighted by atomic mass is 35.5. The minimum atomic E-state index is -0.456.